The minimum atomic E-state index is -4.16. The van der Waals surface area contributed by atoms with Crippen LogP contribution in [0.4, 0.5) is 5.69 Å². The maximum Gasteiger partial charge on any atom is 0.264 e. The van der Waals surface area contributed by atoms with Crippen molar-refractivity contribution in [1.82, 2.24) is 10.2 Å². The molecular weight excluding hydrogens is 594 g/mol. The van der Waals surface area contributed by atoms with E-state index in [0.717, 1.165) is 21.0 Å². The van der Waals surface area contributed by atoms with Crippen LogP contribution in [0.5, 0.6) is 0 Å². The summed E-state index contributed by atoms with van der Waals surface area (Å²) >= 11 is 6.27. The van der Waals surface area contributed by atoms with Gasteiger partial charge in [0.1, 0.15) is 12.6 Å². The van der Waals surface area contributed by atoms with Crippen LogP contribution in [0.3, 0.4) is 0 Å². The molecule has 0 aliphatic rings. The lowest BCUT2D eigenvalue weighted by Gasteiger charge is -2.33. The van der Waals surface area contributed by atoms with E-state index in [4.69, 9.17) is 11.6 Å². The van der Waals surface area contributed by atoms with Gasteiger partial charge in [-0.1, -0.05) is 97.7 Å². The van der Waals surface area contributed by atoms with Crippen molar-refractivity contribution < 1.29 is 18.0 Å². The van der Waals surface area contributed by atoms with Crippen LogP contribution in [-0.4, -0.2) is 44.8 Å². The second-order valence-electron chi connectivity index (χ2n) is 11.0. The van der Waals surface area contributed by atoms with Gasteiger partial charge in [0.05, 0.1) is 10.6 Å². The monoisotopic (exact) mass is 631 g/mol. The highest BCUT2D eigenvalue weighted by atomic mass is 35.5. The highest BCUT2D eigenvalue weighted by Crippen LogP contribution is 2.27. The fourth-order valence-electron chi connectivity index (χ4n) is 4.94. The number of hydrogen-bond acceptors (Lipinski definition) is 4. The molecule has 7 nitrogen and oxygen atoms in total. The number of amides is 2. The zero-order valence-corrected chi connectivity index (χ0v) is 27.0. The Kier molecular flexibility index (Phi) is 10.8. The van der Waals surface area contributed by atoms with Crippen LogP contribution in [0.25, 0.3) is 0 Å². The molecule has 2 amide bonds. The van der Waals surface area contributed by atoms with Gasteiger partial charge in [-0.25, -0.2) is 8.42 Å². The normalized spacial score (nSPS) is 12.0. The third-order valence-corrected chi connectivity index (χ3v) is 9.52. The molecule has 0 fully saturated rings. The van der Waals surface area contributed by atoms with Gasteiger partial charge in [0.25, 0.3) is 10.0 Å². The van der Waals surface area contributed by atoms with Crippen LogP contribution >= 0.6 is 11.6 Å². The highest BCUT2D eigenvalue weighted by molar-refractivity contribution is 7.92. The van der Waals surface area contributed by atoms with E-state index in [1.807, 2.05) is 55.5 Å². The van der Waals surface area contributed by atoms with Gasteiger partial charge in [-0.2, -0.15) is 0 Å². The summed E-state index contributed by atoms with van der Waals surface area (Å²) in [6.07, 6.45) is 0.237. The number of sulfonamides is 1. The Labute approximate surface area is 265 Å². The molecule has 0 aromatic heterocycles. The first-order chi connectivity index (χ1) is 21.0. The Hall–Kier alpha value is -4.14. The second kappa shape index (κ2) is 14.6. The SMILES string of the molecule is CNC(=O)[C@@H](Cc1ccccc1)N(Cc1cccc(Cl)c1)C(=O)CN(c1ccc(C(C)C)cc1)S(=O)(=O)c1ccc(C)cc1. The van der Waals surface area contributed by atoms with Crippen molar-refractivity contribution in [3.63, 3.8) is 0 Å². The van der Waals surface area contributed by atoms with Crippen molar-refractivity contribution in [2.45, 2.75) is 50.6 Å². The van der Waals surface area contributed by atoms with Gasteiger partial charge in [0.2, 0.25) is 11.8 Å². The first-order valence-electron chi connectivity index (χ1n) is 14.5. The highest BCUT2D eigenvalue weighted by Gasteiger charge is 2.34. The van der Waals surface area contributed by atoms with Gasteiger partial charge >= 0.3 is 0 Å². The van der Waals surface area contributed by atoms with Crippen LogP contribution < -0.4 is 9.62 Å². The lowest BCUT2D eigenvalue weighted by Crippen LogP contribution is -2.53. The number of carbonyl (C=O) groups excluding carboxylic acids is 2. The second-order valence-corrected chi connectivity index (χ2v) is 13.3. The molecule has 0 radical (unpaired) electrons. The molecule has 0 spiro atoms. The number of anilines is 1. The molecule has 4 aromatic carbocycles. The largest absolute Gasteiger partial charge is 0.357 e. The van der Waals surface area contributed by atoms with Gasteiger partial charge in [-0.05, 0) is 65.9 Å². The van der Waals surface area contributed by atoms with Crippen LogP contribution in [0.1, 0.15) is 42.0 Å². The number of likely N-dealkylation sites (N-methyl/N-ethyl adjacent to an activating group) is 1. The lowest BCUT2D eigenvalue weighted by atomic mass is 10.0. The van der Waals surface area contributed by atoms with Crippen molar-refractivity contribution in [2.24, 2.45) is 0 Å². The zero-order chi connectivity index (χ0) is 31.9. The van der Waals surface area contributed by atoms with E-state index in [2.05, 4.69) is 19.2 Å². The van der Waals surface area contributed by atoms with E-state index in [0.29, 0.717) is 16.3 Å². The number of benzene rings is 4. The standard InChI is InChI=1S/C35H38ClN3O4S/c1-25(2)29-15-17-31(18-16-29)39(44(42,43)32-19-13-26(3)14-20-32)24-34(40)38(23-28-11-8-12-30(36)21-28)33(35(41)37-4)22-27-9-6-5-7-10-27/h5-21,25,33H,22-24H2,1-4H3,(H,37,41)/t33-/m1/s1. The molecule has 4 rings (SSSR count). The molecular formula is C35H38ClN3O4S. The summed E-state index contributed by atoms with van der Waals surface area (Å²) in [7, 11) is -2.64. The van der Waals surface area contributed by atoms with Gasteiger partial charge in [0.15, 0.2) is 0 Å². The molecule has 0 heterocycles. The number of aryl methyl sites for hydroxylation is 1. The summed E-state index contributed by atoms with van der Waals surface area (Å²) in [4.78, 5) is 29.3. The summed E-state index contributed by atoms with van der Waals surface area (Å²) in [5.41, 5.74) is 3.87. The van der Waals surface area contributed by atoms with Crippen LogP contribution in [0, 0.1) is 6.92 Å². The van der Waals surface area contributed by atoms with Crippen molar-refractivity contribution in [1.29, 1.82) is 0 Å². The van der Waals surface area contributed by atoms with Crippen LogP contribution in [0.15, 0.2) is 108 Å². The minimum Gasteiger partial charge on any atom is -0.357 e. The molecule has 0 saturated heterocycles. The van der Waals surface area contributed by atoms with Crippen molar-refractivity contribution >= 4 is 39.1 Å². The predicted octanol–water partition coefficient (Wildman–Crippen LogP) is 6.35. The lowest BCUT2D eigenvalue weighted by molar-refractivity contribution is -0.139. The zero-order valence-electron chi connectivity index (χ0n) is 25.4. The summed E-state index contributed by atoms with van der Waals surface area (Å²) in [5, 5.41) is 3.18. The van der Waals surface area contributed by atoms with E-state index >= 15 is 0 Å². The molecule has 9 heteroatoms. The third kappa shape index (κ3) is 8.07. The van der Waals surface area contributed by atoms with Gasteiger partial charge < -0.3 is 10.2 Å². The molecule has 4 aromatic rings. The van der Waals surface area contributed by atoms with Crippen molar-refractivity contribution in [3.05, 3.63) is 130 Å². The molecule has 44 heavy (non-hydrogen) atoms. The minimum absolute atomic E-state index is 0.0506. The Balaban J connectivity index is 1.79. The molecule has 0 bridgehead atoms. The molecule has 0 aliphatic carbocycles. The average Bonchev–Trinajstić information content (AvgIpc) is 3.01. The fraction of sp³-hybridized carbons (Fsp3) is 0.257. The summed E-state index contributed by atoms with van der Waals surface area (Å²) in [6, 6.07) is 29.2. The molecule has 0 unspecified atom stereocenters. The van der Waals surface area contributed by atoms with Crippen LogP contribution in [-0.2, 0) is 32.6 Å². The van der Waals surface area contributed by atoms with E-state index in [1.54, 1.807) is 42.5 Å². The molecule has 230 valence electrons. The van der Waals surface area contributed by atoms with E-state index in [9.17, 15) is 18.0 Å². The number of rotatable bonds is 12. The number of nitrogens with one attached hydrogen (secondary N) is 1. The number of halogens is 1. The fourth-order valence-corrected chi connectivity index (χ4v) is 6.57. The first kappa shape index (κ1) is 32.8. The maximum atomic E-state index is 14.4. The number of carbonyl (C=O) groups is 2. The molecule has 0 aliphatic heterocycles. The molecule has 0 saturated carbocycles. The Bertz CT molecular complexity index is 1680. The molecule has 1 atom stereocenters. The molecule has 1 N–H and O–H groups in total. The average molecular weight is 632 g/mol. The van der Waals surface area contributed by atoms with E-state index < -0.39 is 28.5 Å². The van der Waals surface area contributed by atoms with Crippen molar-refractivity contribution in [3.8, 4) is 0 Å². The van der Waals surface area contributed by atoms with Gasteiger partial charge in [0, 0.05) is 25.0 Å². The quantitative estimate of drug-likeness (QED) is 0.197. The summed E-state index contributed by atoms with van der Waals surface area (Å²) in [6.45, 7) is 5.52. The van der Waals surface area contributed by atoms with Crippen LogP contribution in [0.2, 0.25) is 5.02 Å². The number of hydrogen-bond donors (Lipinski definition) is 1. The Morgan fingerprint density at radius 3 is 2.07 bits per heavy atom. The van der Waals surface area contributed by atoms with Gasteiger partial charge in [-0.3, -0.25) is 13.9 Å². The van der Waals surface area contributed by atoms with E-state index in [-0.39, 0.29) is 29.7 Å². The summed E-state index contributed by atoms with van der Waals surface area (Å²) in [5.74, 6) is -0.649. The Morgan fingerprint density at radius 2 is 1.48 bits per heavy atom. The smallest absolute Gasteiger partial charge is 0.264 e. The topological polar surface area (TPSA) is 86.8 Å². The van der Waals surface area contributed by atoms with E-state index in [1.165, 1.54) is 24.1 Å². The Morgan fingerprint density at radius 1 is 0.841 bits per heavy atom. The van der Waals surface area contributed by atoms with Gasteiger partial charge in [-0.15, -0.1) is 0 Å². The number of nitrogens with zero attached hydrogens (tertiary/aromatic N) is 2. The first-order valence-corrected chi connectivity index (χ1v) is 16.3. The maximum absolute atomic E-state index is 14.4. The summed E-state index contributed by atoms with van der Waals surface area (Å²) < 4.78 is 29.4. The predicted molar refractivity (Wildman–Crippen MR) is 176 cm³/mol. The third-order valence-electron chi connectivity index (χ3n) is 7.50. The van der Waals surface area contributed by atoms with Crippen molar-refractivity contribution in [2.75, 3.05) is 17.9 Å².